The number of para-hydroxylation sites is 1. The first kappa shape index (κ1) is 13.5. The van der Waals surface area contributed by atoms with Crippen molar-refractivity contribution in [1.82, 2.24) is 20.2 Å². The van der Waals surface area contributed by atoms with Gasteiger partial charge in [-0.05, 0) is 30.2 Å². The maximum atomic E-state index is 5.78. The number of nitrogens with two attached hydrogens (primary N) is 1. The first-order chi connectivity index (χ1) is 11.3. The van der Waals surface area contributed by atoms with E-state index in [4.69, 9.17) is 5.73 Å². The number of H-pyrrole nitrogens is 1. The van der Waals surface area contributed by atoms with Crippen molar-refractivity contribution >= 4 is 33.7 Å². The van der Waals surface area contributed by atoms with Crippen molar-refractivity contribution in [2.45, 2.75) is 6.42 Å². The van der Waals surface area contributed by atoms with Gasteiger partial charge in [-0.1, -0.05) is 30.3 Å². The summed E-state index contributed by atoms with van der Waals surface area (Å²) in [6.45, 7) is 0.719. The maximum Gasteiger partial charge on any atom is 0.244 e. The molecule has 2 heterocycles. The van der Waals surface area contributed by atoms with Gasteiger partial charge in [0.2, 0.25) is 5.95 Å². The minimum atomic E-state index is 0.521. The van der Waals surface area contributed by atoms with Crippen LogP contribution < -0.4 is 11.1 Å². The van der Waals surface area contributed by atoms with E-state index in [-0.39, 0.29) is 0 Å². The van der Waals surface area contributed by atoms with Crippen LogP contribution >= 0.6 is 0 Å². The number of nitrogens with one attached hydrogen (secondary N) is 2. The van der Waals surface area contributed by atoms with Crippen molar-refractivity contribution in [3.8, 4) is 0 Å². The molecule has 6 nitrogen and oxygen atoms in total. The van der Waals surface area contributed by atoms with Crippen molar-refractivity contribution < 1.29 is 0 Å². The van der Waals surface area contributed by atoms with E-state index in [1.54, 1.807) is 0 Å². The van der Waals surface area contributed by atoms with Crippen LogP contribution in [-0.4, -0.2) is 26.7 Å². The molecular formula is C17H16N6. The fourth-order valence-electron chi connectivity index (χ4n) is 2.66. The highest BCUT2D eigenvalue weighted by molar-refractivity contribution is 6.03. The summed E-state index contributed by atoms with van der Waals surface area (Å²) in [5.41, 5.74) is 10.3. The first-order valence-corrected chi connectivity index (χ1v) is 7.49. The van der Waals surface area contributed by atoms with Gasteiger partial charge in [-0.2, -0.15) is 4.98 Å². The number of aromatic amines is 1. The molecule has 4 rings (SSSR count). The van der Waals surface area contributed by atoms with E-state index in [1.807, 2.05) is 42.5 Å². The Balaban J connectivity index is 1.52. The fraction of sp³-hybridized carbons (Fsp3) is 0.118. The minimum absolute atomic E-state index is 0.521. The molecule has 23 heavy (non-hydrogen) atoms. The van der Waals surface area contributed by atoms with Crippen LogP contribution in [0.25, 0.3) is 22.1 Å². The molecule has 0 atom stereocenters. The number of fused-ring (bicyclic) bond motifs is 3. The Bertz CT molecular complexity index is 975. The zero-order valence-corrected chi connectivity index (χ0v) is 12.5. The number of hydrogen-bond acceptors (Lipinski definition) is 5. The Morgan fingerprint density at radius 3 is 2.87 bits per heavy atom. The largest absolute Gasteiger partial charge is 0.399 e. The van der Waals surface area contributed by atoms with Crippen LogP contribution in [0.2, 0.25) is 0 Å². The van der Waals surface area contributed by atoms with E-state index in [0.29, 0.717) is 5.95 Å². The van der Waals surface area contributed by atoms with Gasteiger partial charge in [-0.15, -0.1) is 10.2 Å². The highest BCUT2D eigenvalue weighted by Crippen LogP contribution is 2.21. The average Bonchev–Trinajstić information content (AvgIpc) is 2.92. The van der Waals surface area contributed by atoms with E-state index in [2.05, 4.69) is 31.5 Å². The van der Waals surface area contributed by atoms with Crippen molar-refractivity contribution in [3.63, 3.8) is 0 Å². The summed E-state index contributed by atoms with van der Waals surface area (Å²) in [5, 5.41) is 12.7. The highest BCUT2D eigenvalue weighted by Gasteiger charge is 2.08. The van der Waals surface area contributed by atoms with Gasteiger partial charge in [-0.25, -0.2) is 0 Å². The minimum Gasteiger partial charge on any atom is -0.399 e. The first-order valence-electron chi connectivity index (χ1n) is 7.49. The Morgan fingerprint density at radius 2 is 1.96 bits per heavy atom. The van der Waals surface area contributed by atoms with Crippen LogP contribution in [0.1, 0.15) is 5.56 Å². The van der Waals surface area contributed by atoms with Crippen LogP contribution in [0, 0.1) is 0 Å². The van der Waals surface area contributed by atoms with Crippen molar-refractivity contribution in [3.05, 3.63) is 54.1 Å². The Kier molecular flexibility index (Phi) is 3.27. The smallest absolute Gasteiger partial charge is 0.244 e. The van der Waals surface area contributed by atoms with Gasteiger partial charge in [0.1, 0.15) is 5.52 Å². The average molecular weight is 304 g/mol. The van der Waals surface area contributed by atoms with Crippen LogP contribution in [0.3, 0.4) is 0 Å². The van der Waals surface area contributed by atoms with Crippen molar-refractivity contribution in [2.24, 2.45) is 0 Å². The van der Waals surface area contributed by atoms with E-state index < -0.39 is 0 Å². The number of benzene rings is 2. The Morgan fingerprint density at radius 1 is 1.04 bits per heavy atom. The molecule has 0 amide bonds. The summed E-state index contributed by atoms with van der Waals surface area (Å²) in [4.78, 5) is 7.76. The normalized spacial score (nSPS) is 11.1. The zero-order valence-electron chi connectivity index (χ0n) is 12.5. The number of rotatable bonds is 4. The van der Waals surface area contributed by atoms with Crippen LogP contribution in [0.4, 0.5) is 11.6 Å². The van der Waals surface area contributed by atoms with E-state index in [9.17, 15) is 0 Å². The number of hydrogen-bond donors (Lipinski definition) is 3. The van der Waals surface area contributed by atoms with E-state index in [0.717, 1.165) is 40.7 Å². The van der Waals surface area contributed by atoms with E-state index >= 15 is 0 Å². The SMILES string of the molecule is Nc1cccc(CCNc2nnc3c(n2)[nH]c2ccccc23)c1. The third-order valence-electron chi connectivity index (χ3n) is 3.77. The fourth-order valence-corrected chi connectivity index (χ4v) is 2.66. The third-order valence-corrected chi connectivity index (χ3v) is 3.77. The van der Waals surface area contributed by atoms with Gasteiger partial charge in [0.25, 0.3) is 0 Å². The molecule has 0 saturated heterocycles. The molecular weight excluding hydrogens is 288 g/mol. The van der Waals surface area contributed by atoms with Gasteiger partial charge in [-0.3, -0.25) is 0 Å². The molecule has 0 aliphatic rings. The summed E-state index contributed by atoms with van der Waals surface area (Å²) in [7, 11) is 0. The van der Waals surface area contributed by atoms with Gasteiger partial charge >= 0.3 is 0 Å². The van der Waals surface area contributed by atoms with Crippen molar-refractivity contribution in [2.75, 3.05) is 17.6 Å². The second kappa shape index (κ2) is 5.57. The van der Waals surface area contributed by atoms with Crippen LogP contribution in [-0.2, 0) is 6.42 Å². The number of anilines is 2. The molecule has 0 aliphatic heterocycles. The van der Waals surface area contributed by atoms with Gasteiger partial charge in [0.15, 0.2) is 5.65 Å². The molecule has 0 bridgehead atoms. The lowest BCUT2D eigenvalue weighted by Gasteiger charge is -2.04. The number of aromatic nitrogens is 4. The molecule has 2 aromatic heterocycles. The maximum absolute atomic E-state index is 5.78. The summed E-state index contributed by atoms with van der Waals surface area (Å²) >= 11 is 0. The molecule has 0 saturated carbocycles. The summed E-state index contributed by atoms with van der Waals surface area (Å²) < 4.78 is 0. The molecule has 4 aromatic rings. The van der Waals surface area contributed by atoms with E-state index in [1.165, 1.54) is 5.56 Å². The predicted octanol–water partition coefficient (Wildman–Crippen LogP) is 2.74. The molecule has 0 aliphatic carbocycles. The Hall–Kier alpha value is -3.15. The molecule has 0 radical (unpaired) electrons. The number of nitrogens with zero attached hydrogens (tertiary/aromatic N) is 3. The van der Waals surface area contributed by atoms with Crippen LogP contribution in [0.15, 0.2) is 48.5 Å². The molecule has 114 valence electrons. The van der Waals surface area contributed by atoms with Gasteiger partial charge in [0, 0.05) is 23.1 Å². The molecule has 0 unspecified atom stereocenters. The molecule has 6 heteroatoms. The second-order valence-corrected chi connectivity index (χ2v) is 5.43. The summed E-state index contributed by atoms with van der Waals surface area (Å²) in [5.74, 6) is 0.521. The third kappa shape index (κ3) is 2.66. The summed E-state index contributed by atoms with van der Waals surface area (Å²) in [6, 6.07) is 15.8. The summed E-state index contributed by atoms with van der Waals surface area (Å²) in [6.07, 6.45) is 0.846. The van der Waals surface area contributed by atoms with Crippen molar-refractivity contribution in [1.29, 1.82) is 0 Å². The molecule has 2 aromatic carbocycles. The predicted molar refractivity (Wildman–Crippen MR) is 92.2 cm³/mol. The number of nitrogen functional groups attached to an aromatic ring is 1. The molecule has 0 spiro atoms. The standard InChI is InChI=1S/C17H16N6/c18-12-5-3-4-11(10-12)8-9-19-17-21-16-15(22-23-17)13-6-1-2-7-14(13)20-16/h1-7,10H,8-9,18H2,(H2,19,20,21,23). The quantitative estimate of drug-likeness (QED) is 0.504. The topological polar surface area (TPSA) is 92.5 Å². The lowest BCUT2D eigenvalue weighted by Crippen LogP contribution is -2.08. The highest BCUT2D eigenvalue weighted by atomic mass is 15.2. The zero-order chi connectivity index (χ0) is 15.6. The second-order valence-electron chi connectivity index (χ2n) is 5.43. The van der Waals surface area contributed by atoms with Gasteiger partial charge < -0.3 is 16.0 Å². The lowest BCUT2D eigenvalue weighted by molar-refractivity contribution is 0.951. The Labute approximate surface area is 132 Å². The molecule has 4 N–H and O–H groups in total. The van der Waals surface area contributed by atoms with Crippen LogP contribution in [0.5, 0.6) is 0 Å². The van der Waals surface area contributed by atoms with Gasteiger partial charge in [0.05, 0.1) is 0 Å². The lowest BCUT2D eigenvalue weighted by atomic mass is 10.1. The monoisotopic (exact) mass is 304 g/mol. The molecule has 0 fully saturated rings.